The molecule has 0 amide bonds. The highest BCUT2D eigenvalue weighted by Gasteiger charge is 2.28. The number of fused-ring (bicyclic) bond motifs is 1. The molecule has 3 heterocycles. The predicted octanol–water partition coefficient (Wildman–Crippen LogP) is 3.22. The van der Waals surface area contributed by atoms with Gasteiger partial charge in [0.15, 0.2) is 0 Å². The number of carboxylic acid groups (broad SMARTS) is 1. The molecule has 1 aliphatic rings. The SMILES string of the molecule is Cc1ncc(N2C[C@@H](C)C[C@@H](CC(=O)CCC(=O)O)C2)c2cccnc12. The first kappa shape index (κ1) is 18.3. The van der Waals surface area contributed by atoms with Crippen LogP contribution in [0.25, 0.3) is 10.9 Å². The topological polar surface area (TPSA) is 83.4 Å². The maximum atomic E-state index is 12.1. The number of Topliss-reactive ketones (excluding diaryl/α,β-unsaturated/α-hetero) is 1. The van der Waals surface area contributed by atoms with Crippen LogP contribution in [0.2, 0.25) is 0 Å². The van der Waals surface area contributed by atoms with Crippen LogP contribution in [-0.4, -0.2) is 39.9 Å². The molecular formula is C20H25N3O3. The third-order valence-corrected chi connectivity index (χ3v) is 5.03. The van der Waals surface area contributed by atoms with Gasteiger partial charge in [0.2, 0.25) is 0 Å². The summed E-state index contributed by atoms with van der Waals surface area (Å²) in [6, 6.07) is 4.00. The summed E-state index contributed by atoms with van der Waals surface area (Å²) in [5.41, 5.74) is 2.89. The van der Waals surface area contributed by atoms with Gasteiger partial charge in [0.1, 0.15) is 5.78 Å². The van der Waals surface area contributed by atoms with Crippen LogP contribution in [-0.2, 0) is 9.59 Å². The standard InChI is InChI=1S/C20H25N3O3/c1-13-8-15(9-16(24)5-6-19(25)26)12-23(11-13)18-10-22-14(2)20-17(18)4-3-7-21-20/h3-4,7,10,13,15H,5-6,8-9,11-12H2,1-2H3,(H,25,26)/t13-,15-/m0/s1. The van der Waals surface area contributed by atoms with E-state index < -0.39 is 5.97 Å². The molecule has 2 atom stereocenters. The van der Waals surface area contributed by atoms with Crippen molar-refractivity contribution in [1.29, 1.82) is 0 Å². The van der Waals surface area contributed by atoms with Crippen LogP contribution in [0.15, 0.2) is 24.5 Å². The third-order valence-electron chi connectivity index (χ3n) is 5.03. The molecule has 1 saturated heterocycles. The second-order valence-corrected chi connectivity index (χ2v) is 7.38. The summed E-state index contributed by atoms with van der Waals surface area (Å²) in [6.07, 6.45) is 5.17. The number of aromatic nitrogens is 2. The van der Waals surface area contributed by atoms with E-state index in [9.17, 15) is 9.59 Å². The summed E-state index contributed by atoms with van der Waals surface area (Å²) in [7, 11) is 0. The molecule has 0 saturated carbocycles. The summed E-state index contributed by atoms with van der Waals surface area (Å²) < 4.78 is 0. The fraction of sp³-hybridized carbons (Fsp3) is 0.500. The normalized spacial score (nSPS) is 20.3. The lowest BCUT2D eigenvalue weighted by Gasteiger charge is -2.38. The van der Waals surface area contributed by atoms with Gasteiger partial charge in [-0.25, -0.2) is 0 Å². The van der Waals surface area contributed by atoms with E-state index in [4.69, 9.17) is 5.11 Å². The smallest absolute Gasteiger partial charge is 0.303 e. The second-order valence-electron chi connectivity index (χ2n) is 7.38. The molecule has 0 unspecified atom stereocenters. The first-order valence-corrected chi connectivity index (χ1v) is 9.12. The Labute approximate surface area is 153 Å². The van der Waals surface area contributed by atoms with Gasteiger partial charge < -0.3 is 10.0 Å². The van der Waals surface area contributed by atoms with Crippen molar-refractivity contribution in [2.45, 2.75) is 39.5 Å². The number of carbonyl (C=O) groups is 2. The van der Waals surface area contributed by atoms with Crippen molar-refractivity contribution in [3.63, 3.8) is 0 Å². The lowest BCUT2D eigenvalue weighted by molar-refractivity contribution is -0.138. The number of hydrogen-bond donors (Lipinski definition) is 1. The molecule has 2 aromatic rings. The quantitative estimate of drug-likeness (QED) is 0.856. The molecule has 3 rings (SSSR count). The van der Waals surface area contributed by atoms with E-state index in [2.05, 4.69) is 27.9 Å². The Hall–Kier alpha value is -2.50. The average Bonchev–Trinajstić information content (AvgIpc) is 2.60. The molecule has 6 heteroatoms. The molecule has 0 aromatic carbocycles. The highest BCUT2D eigenvalue weighted by molar-refractivity contribution is 5.92. The number of aliphatic carboxylic acids is 1. The van der Waals surface area contributed by atoms with Crippen LogP contribution in [0, 0.1) is 18.8 Å². The Morgan fingerprint density at radius 2 is 2.08 bits per heavy atom. The number of anilines is 1. The number of ketones is 1. The van der Waals surface area contributed by atoms with Crippen molar-refractivity contribution in [2.24, 2.45) is 11.8 Å². The van der Waals surface area contributed by atoms with Crippen molar-refractivity contribution >= 4 is 28.3 Å². The highest BCUT2D eigenvalue weighted by Crippen LogP contribution is 2.32. The second kappa shape index (κ2) is 7.81. The van der Waals surface area contributed by atoms with Gasteiger partial charge in [-0.2, -0.15) is 0 Å². The van der Waals surface area contributed by atoms with Crippen molar-refractivity contribution in [2.75, 3.05) is 18.0 Å². The molecule has 6 nitrogen and oxygen atoms in total. The molecule has 138 valence electrons. The maximum absolute atomic E-state index is 12.1. The van der Waals surface area contributed by atoms with Gasteiger partial charge >= 0.3 is 5.97 Å². The van der Waals surface area contributed by atoms with Gasteiger partial charge in [0.05, 0.1) is 29.5 Å². The molecule has 1 aliphatic heterocycles. The number of carbonyl (C=O) groups excluding carboxylic acids is 1. The lowest BCUT2D eigenvalue weighted by Crippen LogP contribution is -2.40. The van der Waals surface area contributed by atoms with E-state index in [1.807, 2.05) is 19.2 Å². The zero-order chi connectivity index (χ0) is 18.7. The fourth-order valence-corrected chi connectivity index (χ4v) is 3.94. The molecule has 26 heavy (non-hydrogen) atoms. The first-order valence-electron chi connectivity index (χ1n) is 9.12. The molecule has 2 aromatic heterocycles. The third kappa shape index (κ3) is 4.18. The Balaban J connectivity index is 1.78. The number of nitrogens with zero attached hydrogens (tertiary/aromatic N) is 3. The highest BCUT2D eigenvalue weighted by atomic mass is 16.4. The Morgan fingerprint density at radius 1 is 1.27 bits per heavy atom. The van der Waals surface area contributed by atoms with Gasteiger partial charge in [0.25, 0.3) is 0 Å². The summed E-state index contributed by atoms with van der Waals surface area (Å²) in [4.78, 5) is 34.1. The fourth-order valence-electron chi connectivity index (χ4n) is 3.94. The van der Waals surface area contributed by atoms with E-state index in [1.165, 1.54) is 0 Å². The number of rotatable bonds is 6. The summed E-state index contributed by atoms with van der Waals surface area (Å²) in [6.45, 7) is 5.87. The number of piperidine rings is 1. The van der Waals surface area contributed by atoms with Crippen molar-refractivity contribution in [3.8, 4) is 0 Å². The van der Waals surface area contributed by atoms with Crippen LogP contribution in [0.5, 0.6) is 0 Å². The van der Waals surface area contributed by atoms with E-state index >= 15 is 0 Å². The maximum Gasteiger partial charge on any atom is 0.303 e. The average molecular weight is 355 g/mol. The summed E-state index contributed by atoms with van der Waals surface area (Å²) in [5, 5.41) is 9.84. The monoisotopic (exact) mass is 355 g/mol. The van der Waals surface area contributed by atoms with E-state index in [-0.39, 0.29) is 24.5 Å². The molecule has 0 radical (unpaired) electrons. The minimum atomic E-state index is -0.915. The molecule has 1 fully saturated rings. The van der Waals surface area contributed by atoms with Gasteiger partial charge in [0, 0.05) is 37.5 Å². The van der Waals surface area contributed by atoms with E-state index in [1.54, 1.807) is 6.20 Å². The molecule has 0 spiro atoms. The molecule has 0 aliphatic carbocycles. The Morgan fingerprint density at radius 3 is 2.85 bits per heavy atom. The molecule has 1 N–H and O–H groups in total. The van der Waals surface area contributed by atoms with Crippen molar-refractivity contribution in [1.82, 2.24) is 9.97 Å². The summed E-state index contributed by atoms with van der Waals surface area (Å²) >= 11 is 0. The van der Waals surface area contributed by atoms with Crippen LogP contribution in [0.1, 0.15) is 38.3 Å². The van der Waals surface area contributed by atoms with E-state index in [0.717, 1.165) is 41.8 Å². The Bertz CT molecular complexity index is 821. The van der Waals surface area contributed by atoms with Gasteiger partial charge in [-0.1, -0.05) is 6.92 Å². The van der Waals surface area contributed by atoms with Gasteiger partial charge in [-0.05, 0) is 37.3 Å². The first-order chi connectivity index (χ1) is 12.4. The number of pyridine rings is 2. The lowest BCUT2D eigenvalue weighted by atomic mass is 9.86. The Kier molecular flexibility index (Phi) is 5.49. The number of hydrogen-bond acceptors (Lipinski definition) is 5. The van der Waals surface area contributed by atoms with Gasteiger partial charge in [-0.3, -0.25) is 19.6 Å². The van der Waals surface area contributed by atoms with Gasteiger partial charge in [-0.15, -0.1) is 0 Å². The van der Waals surface area contributed by atoms with E-state index in [0.29, 0.717) is 12.3 Å². The minimum absolute atomic E-state index is 0.0417. The summed E-state index contributed by atoms with van der Waals surface area (Å²) in [5.74, 6) is -0.163. The predicted molar refractivity (Wildman–Crippen MR) is 100 cm³/mol. The number of carboxylic acids is 1. The van der Waals surface area contributed by atoms with Crippen molar-refractivity contribution in [3.05, 3.63) is 30.2 Å². The molecule has 0 bridgehead atoms. The molecular weight excluding hydrogens is 330 g/mol. The largest absolute Gasteiger partial charge is 0.481 e. The zero-order valence-corrected chi connectivity index (χ0v) is 15.3. The minimum Gasteiger partial charge on any atom is -0.481 e. The number of aryl methyl sites for hydroxylation is 1. The van der Waals surface area contributed by atoms with Crippen molar-refractivity contribution < 1.29 is 14.7 Å². The van der Waals surface area contributed by atoms with Crippen LogP contribution in [0.4, 0.5) is 5.69 Å². The van der Waals surface area contributed by atoms with Crippen LogP contribution >= 0.6 is 0 Å². The van der Waals surface area contributed by atoms with Crippen LogP contribution < -0.4 is 4.90 Å². The zero-order valence-electron chi connectivity index (χ0n) is 15.3. The van der Waals surface area contributed by atoms with Crippen LogP contribution in [0.3, 0.4) is 0 Å².